The fourth-order valence-corrected chi connectivity index (χ4v) is 6.92. The number of amides is 1. The van der Waals surface area contributed by atoms with Gasteiger partial charge in [0.05, 0.1) is 27.4 Å². The Kier molecular flexibility index (Phi) is 7.52. The molecule has 2 aromatic carbocycles. The molecule has 1 N–H and O–H groups in total. The van der Waals surface area contributed by atoms with Crippen molar-refractivity contribution in [2.75, 3.05) is 4.90 Å². The summed E-state index contributed by atoms with van der Waals surface area (Å²) in [5, 5.41) is 20.7. The number of benzene rings is 2. The minimum Gasteiger partial charge on any atom is -0.505 e. The molecule has 0 aliphatic carbocycles. The molecule has 1 fully saturated rings. The van der Waals surface area contributed by atoms with Crippen molar-refractivity contribution >= 4 is 74.5 Å². The Bertz CT molecular complexity index is 1920. The molecule has 1 saturated heterocycles. The number of ketones is 1. The molecule has 1 aliphatic heterocycles. The minimum atomic E-state index is -1.08. The van der Waals surface area contributed by atoms with E-state index in [0.717, 1.165) is 22.5 Å². The summed E-state index contributed by atoms with van der Waals surface area (Å²) in [5.74, 6) is -2.02. The fourth-order valence-electron chi connectivity index (χ4n) is 4.79. The molecular formula is C29H20Cl2FN5O3S2. The van der Waals surface area contributed by atoms with Crippen LogP contribution in [0.4, 0.5) is 9.52 Å². The standard InChI is InChI=1S/C29H20Cl2FN5O3S2/c1-14-4-3-11-36-15(2)22(33-26(14)36)24(38)21-23(17-7-10-19(30)20(31)12-17)37(27(40)25(21)39)28-34-35-29(42-28)41-13-16-5-8-18(32)9-6-16/h3-12,23,38H,13H2,1-2H3/b24-21+. The van der Waals surface area contributed by atoms with Crippen LogP contribution in [0.1, 0.15) is 34.1 Å². The van der Waals surface area contributed by atoms with Gasteiger partial charge in [-0.2, -0.15) is 0 Å². The summed E-state index contributed by atoms with van der Waals surface area (Å²) in [4.78, 5) is 33.0. The molecule has 4 heterocycles. The number of aliphatic hydroxyl groups excluding tert-OH is 1. The van der Waals surface area contributed by atoms with Gasteiger partial charge in [-0.1, -0.05) is 70.6 Å². The zero-order valence-corrected chi connectivity index (χ0v) is 25.2. The third-order valence-corrected chi connectivity index (χ3v) is 9.76. The first-order valence-electron chi connectivity index (χ1n) is 12.6. The van der Waals surface area contributed by atoms with Crippen LogP contribution in [0.15, 0.2) is 70.7 Å². The number of fused-ring (bicyclic) bond motifs is 1. The summed E-state index contributed by atoms with van der Waals surface area (Å²) in [6.07, 6.45) is 1.81. The number of rotatable bonds is 6. The molecule has 0 spiro atoms. The van der Waals surface area contributed by atoms with Crippen LogP contribution in [0.5, 0.6) is 0 Å². The van der Waals surface area contributed by atoms with Gasteiger partial charge in [-0.05, 0) is 60.9 Å². The van der Waals surface area contributed by atoms with Crippen LogP contribution in [-0.4, -0.2) is 36.4 Å². The van der Waals surface area contributed by atoms with E-state index in [1.54, 1.807) is 37.3 Å². The maximum atomic E-state index is 13.6. The van der Waals surface area contributed by atoms with Crippen LogP contribution in [0, 0.1) is 19.7 Å². The number of imidazole rings is 1. The molecule has 6 rings (SSSR count). The number of carbonyl (C=O) groups is 2. The first-order chi connectivity index (χ1) is 20.1. The maximum Gasteiger partial charge on any atom is 0.301 e. The maximum absolute atomic E-state index is 13.6. The quantitative estimate of drug-likeness (QED) is 0.0691. The Morgan fingerprint density at radius 1 is 1.07 bits per heavy atom. The second kappa shape index (κ2) is 11.1. The van der Waals surface area contributed by atoms with E-state index in [-0.39, 0.29) is 27.2 Å². The van der Waals surface area contributed by atoms with Gasteiger partial charge in [-0.25, -0.2) is 9.37 Å². The Morgan fingerprint density at radius 2 is 1.83 bits per heavy atom. The first kappa shape index (κ1) is 28.4. The average Bonchev–Trinajstić information content (AvgIpc) is 3.65. The van der Waals surface area contributed by atoms with Gasteiger partial charge in [0.25, 0.3) is 5.78 Å². The highest BCUT2D eigenvalue weighted by molar-refractivity contribution is 8.00. The number of carbonyl (C=O) groups excluding carboxylic acids is 2. The van der Waals surface area contributed by atoms with Crippen LogP contribution >= 0.6 is 46.3 Å². The van der Waals surface area contributed by atoms with E-state index in [4.69, 9.17) is 23.2 Å². The number of aliphatic hydroxyl groups is 1. The van der Waals surface area contributed by atoms with E-state index in [0.29, 0.717) is 32.0 Å². The van der Waals surface area contributed by atoms with Crippen molar-refractivity contribution in [3.05, 3.63) is 110 Å². The molecule has 1 aliphatic rings. The fraction of sp³-hybridized carbons (Fsp3) is 0.138. The number of halogens is 3. The monoisotopic (exact) mass is 639 g/mol. The molecule has 5 aromatic rings. The molecule has 212 valence electrons. The molecule has 3 aromatic heterocycles. The van der Waals surface area contributed by atoms with E-state index < -0.39 is 23.5 Å². The van der Waals surface area contributed by atoms with Crippen LogP contribution in [0.2, 0.25) is 10.0 Å². The van der Waals surface area contributed by atoms with E-state index in [9.17, 15) is 19.1 Å². The molecule has 13 heteroatoms. The van der Waals surface area contributed by atoms with Crippen LogP contribution in [0.3, 0.4) is 0 Å². The van der Waals surface area contributed by atoms with Crippen LogP contribution < -0.4 is 4.90 Å². The molecule has 1 amide bonds. The van der Waals surface area contributed by atoms with Gasteiger partial charge < -0.3 is 9.51 Å². The average molecular weight is 641 g/mol. The van der Waals surface area contributed by atoms with E-state index in [1.165, 1.54) is 28.8 Å². The molecule has 1 atom stereocenters. The second-order valence-electron chi connectivity index (χ2n) is 9.54. The summed E-state index contributed by atoms with van der Waals surface area (Å²) < 4.78 is 15.6. The summed E-state index contributed by atoms with van der Waals surface area (Å²) >= 11 is 15.0. The summed E-state index contributed by atoms with van der Waals surface area (Å²) in [5.41, 5.74) is 3.44. The van der Waals surface area contributed by atoms with Gasteiger partial charge in [0.1, 0.15) is 17.2 Å². The van der Waals surface area contributed by atoms with Gasteiger partial charge in [0.2, 0.25) is 5.13 Å². The lowest BCUT2D eigenvalue weighted by atomic mass is 9.96. The topological polar surface area (TPSA) is 101 Å². The summed E-state index contributed by atoms with van der Waals surface area (Å²) in [6.45, 7) is 3.66. The zero-order chi connectivity index (χ0) is 29.7. The molecule has 0 saturated carbocycles. The molecule has 0 bridgehead atoms. The van der Waals surface area contributed by atoms with Gasteiger partial charge in [0.15, 0.2) is 10.1 Å². The summed E-state index contributed by atoms with van der Waals surface area (Å²) in [6, 6.07) is 13.5. The van der Waals surface area contributed by atoms with Gasteiger partial charge >= 0.3 is 5.91 Å². The summed E-state index contributed by atoms with van der Waals surface area (Å²) in [7, 11) is 0. The SMILES string of the molecule is Cc1cccn2c(C)c(/C(O)=C3\C(=O)C(=O)N(c4nnc(SCc5ccc(F)cc5)s4)C3c3ccc(Cl)c(Cl)c3)nc12. The molecule has 1 unspecified atom stereocenters. The number of hydrogen-bond donors (Lipinski definition) is 1. The van der Waals surface area contributed by atoms with Gasteiger partial charge in [-0.3, -0.25) is 14.5 Å². The number of pyridine rings is 1. The van der Waals surface area contributed by atoms with Crippen molar-refractivity contribution in [1.29, 1.82) is 0 Å². The van der Waals surface area contributed by atoms with Crippen molar-refractivity contribution in [2.45, 2.75) is 30.0 Å². The molecular weight excluding hydrogens is 620 g/mol. The number of nitrogens with zero attached hydrogens (tertiary/aromatic N) is 5. The third kappa shape index (κ3) is 4.96. The Hall–Kier alpha value is -3.77. The smallest absolute Gasteiger partial charge is 0.301 e. The lowest BCUT2D eigenvalue weighted by molar-refractivity contribution is -0.132. The molecule has 42 heavy (non-hydrogen) atoms. The van der Waals surface area contributed by atoms with E-state index >= 15 is 0 Å². The van der Waals surface area contributed by atoms with Crippen molar-refractivity contribution in [2.24, 2.45) is 0 Å². The Balaban J connectivity index is 1.45. The van der Waals surface area contributed by atoms with Crippen molar-refractivity contribution < 1.29 is 19.1 Å². The highest BCUT2D eigenvalue weighted by Gasteiger charge is 2.49. The van der Waals surface area contributed by atoms with Crippen molar-refractivity contribution in [3.63, 3.8) is 0 Å². The lowest BCUT2D eigenvalue weighted by Crippen LogP contribution is -2.29. The van der Waals surface area contributed by atoms with E-state index in [1.807, 2.05) is 29.7 Å². The van der Waals surface area contributed by atoms with Crippen LogP contribution in [-0.2, 0) is 15.3 Å². The molecule has 8 nitrogen and oxygen atoms in total. The second-order valence-corrected chi connectivity index (χ2v) is 12.5. The van der Waals surface area contributed by atoms with Crippen molar-refractivity contribution in [1.82, 2.24) is 19.6 Å². The lowest BCUT2D eigenvalue weighted by Gasteiger charge is -2.22. The number of thioether (sulfide) groups is 1. The van der Waals surface area contributed by atoms with Crippen LogP contribution in [0.25, 0.3) is 11.4 Å². The minimum absolute atomic E-state index is 0.154. The highest BCUT2D eigenvalue weighted by atomic mass is 35.5. The molecule has 0 radical (unpaired) electrons. The predicted octanol–water partition coefficient (Wildman–Crippen LogP) is 7.17. The number of aryl methyl sites for hydroxylation is 2. The number of hydrogen-bond acceptors (Lipinski definition) is 8. The largest absolute Gasteiger partial charge is 0.505 e. The van der Waals surface area contributed by atoms with E-state index in [2.05, 4.69) is 15.2 Å². The first-order valence-corrected chi connectivity index (χ1v) is 15.1. The number of anilines is 1. The third-order valence-electron chi connectivity index (χ3n) is 6.89. The van der Waals surface area contributed by atoms with Crippen molar-refractivity contribution in [3.8, 4) is 0 Å². The highest BCUT2D eigenvalue weighted by Crippen LogP contribution is 2.45. The normalized spacial score (nSPS) is 16.6. The zero-order valence-electron chi connectivity index (χ0n) is 22.0. The Morgan fingerprint density at radius 3 is 2.55 bits per heavy atom. The number of aromatic nitrogens is 4. The Labute approximate surface area is 257 Å². The predicted molar refractivity (Wildman–Crippen MR) is 162 cm³/mol. The number of Topliss-reactive ketones (excluding diaryl/α,β-unsaturated/α-hetero) is 1. The van der Waals surface area contributed by atoms with Gasteiger partial charge in [-0.15, -0.1) is 10.2 Å². The van der Waals surface area contributed by atoms with Gasteiger partial charge in [0, 0.05) is 11.9 Å².